The Morgan fingerprint density at radius 1 is 1.36 bits per heavy atom. The average molecular weight is 352 g/mol. The summed E-state index contributed by atoms with van der Waals surface area (Å²) in [5.74, 6) is 0.429. The molecule has 5 nitrogen and oxygen atoms in total. The van der Waals surface area contributed by atoms with E-state index in [1.165, 1.54) is 0 Å². The van der Waals surface area contributed by atoms with E-state index in [1.807, 2.05) is 18.2 Å². The van der Waals surface area contributed by atoms with E-state index >= 15 is 0 Å². The molecule has 0 aromatic heterocycles. The fourth-order valence-corrected chi connectivity index (χ4v) is 3.86. The Morgan fingerprint density at radius 2 is 2.16 bits per heavy atom. The Bertz CT molecular complexity index is 484. The third-order valence-corrected chi connectivity index (χ3v) is 5.26. The predicted molar refractivity (Wildman–Crippen MR) is 96.0 cm³/mol. The monoisotopic (exact) mass is 352 g/mol. The second-order valence-electron chi connectivity index (χ2n) is 7.31. The van der Waals surface area contributed by atoms with Crippen LogP contribution in [0.15, 0.2) is 24.0 Å². The van der Waals surface area contributed by atoms with Gasteiger partial charge in [0.25, 0.3) is 0 Å². The van der Waals surface area contributed by atoms with Gasteiger partial charge in [0.05, 0.1) is 18.0 Å². The molecule has 1 aliphatic carbocycles. The number of ether oxygens (including phenoxy) is 1. The molecule has 0 aromatic carbocycles. The normalized spacial score (nSPS) is 31.4. The summed E-state index contributed by atoms with van der Waals surface area (Å²) < 4.78 is 5.94. The van der Waals surface area contributed by atoms with Crippen LogP contribution in [-0.2, 0) is 9.53 Å². The number of carboxylic acid groups (broad SMARTS) is 1. The molecule has 1 aliphatic heterocycles. The van der Waals surface area contributed by atoms with Crippen molar-refractivity contribution in [1.29, 1.82) is 0 Å². The number of carbonyl (C=O) groups is 1. The lowest BCUT2D eigenvalue weighted by atomic mass is 9.90. The standard InChI is InChI=1S/C20H32O5/c1-2-3-4-7-14(21)10-11-16-17-12-15(8-5-6-9-20(23)24)25-19(17)13-18(16)22/h8,10-11,14,16-19,21-22H,2-7,9,12-13H2,1H3,(H,23,24)/t14-,16+,17+,18+,19?/m0/s1. The summed E-state index contributed by atoms with van der Waals surface area (Å²) >= 11 is 0. The molecule has 142 valence electrons. The topological polar surface area (TPSA) is 87.0 Å². The smallest absolute Gasteiger partial charge is 0.303 e. The van der Waals surface area contributed by atoms with E-state index in [9.17, 15) is 15.0 Å². The lowest BCUT2D eigenvalue weighted by Crippen LogP contribution is -2.18. The molecule has 5 heteroatoms. The van der Waals surface area contributed by atoms with Gasteiger partial charge < -0.3 is 20.1 Å². The molecule has 2 fully saturated rings. The van der Waals surface area contributed by atoms with E-state index in [1.54, 1.807) is 0 Å². The van der Waals surface area contributed by atoms with Crippen LogP contribution in [0.5, 0.6) is 0 Å². The van der Waals surface area contributed by atoms with Crippen molar-refractivity contribution < 1.29 is 24.9 Å². The zero-order valence-corrected chi connectivity index (χ0v) is 15.1. The highest BCUT2D eigenvalue weighted by Crippen LogP contribution is 2.45. The lowest BCUT2D eigenvalue weighted by Gasteiger charge is -2.16. The highest BCUT2D eigenvalue weighted by molar-refractivity contribution is 5.66. The number of rotatable bonds is 10. The molecular weight excluding hydrogens is 320 g/mol. The molecule has 1 unspecified atom stereocenters. The van der Waals surface area contributed by atoms with Gasteiger partial charge in [-0.05, 0) is 25.3 Å². The number of aliphatic carboxylic acids is 1. The second kappa shape index (κ2) is 9.97. The Kier molecular flexibility index (Phi) is 7.97. The summed E-state index contributed by atoms with van der Waals surface area (Å²) in [5.41, 5.74) is 0. The first kappa shape index (κ1) is 20.0. The molecule has 0 aromatic rings. The number of fused-ring (bicyclic) bond motifs is 1. The summed E-state index contributed by atoms with van der Waals surface area (Å²) in [6, 6.07) is 0. The Balaban J connectivity index is 1.83. The Labute approximate surface area is 150 Å². The van der Waals surface area contributed by atoms with Crippen LogP contribution in [-0.4, -0.2) is 39.6 Å². The molecule has 1 saturated heterocycles. The molecule has 2 rings (SSSR count). The van der Waals surface area contributed by atoms with Gasteiger partial charge in [-0.15, -0.1) is 0 Å². The average Bonchev–Trinajstić information content (AvgIpc) is 3.06. The zero-order valence-electron chi connectivity index (χ0n) is 15.1. The lowest BCUT2D eigenvalue weighted by molar-refractivity contribution is -0.137. The van der Waals surface area contributed by atoms with E-state index in [0.717, 1.165) is 37.9 Å². The minimum Gasteiger partial charge on any atom is -0.495 e. The highest BCUT2D eigenvalue weighted by Gasteiger charge is 2.46. The van der Waals surface area contributed by atoms with E-state index in [0.29, 0.717) is 19.3 Å². The first-order chi connectivity index (χ1) is 12.0. The van der Waals surface area contributed by atoms with Crippen LogP contribution in [0.2, 0.25) is 0 Å². The molecule has 2 aliphatic rings. The molecule has 3 N–H and O–H groups in total. The summed E-state index contributed by atoms with van der Waals surface area (Å²) in [4.78, 5) is 10.5. The molecule has 0 amide bonds. The molecule has 1 saturated carbocycles. The number of carboxylic acids is 1. The van der Waals surface area contributed by atoms with Crippen molar-refractivity contribution in [2.45, 2.75) is 83.0 Å². The zero-order chi connectivity index (χ0) is 18.2. The Hall–Kier alpha value is -1.33. The predicted octanol–water partition coefficient (Wildman–Crippen LogP) is 3.41. The quantitative estimate of drug-likeness (QED) is 0.414. The van der Waals surface area contributed by atoms with Crippen molar-refractivity contribution in [3.63, 3.8) is 0 Å². The maximum Gasteiger partial charge on any atom is 0.303 e. The maximum atomic E-state index is 10.5. The number of hydrogen-bond donors (Lipinski definition) is 3. The van der Waals surface area contributed by atoms with Gasteiger partial charge in [0, 0.05) is 31.1 Å². The number of unbranched alkanes of at least 4 members (excludes halogenated alkanes) is 3. The number of allylic oxidation sites excluding steroid dienone is 2. The SMILES string of the molecule is CCCCC[C@H](O)C=C[C@H]1[C@H](O)CC2OC(=CCCCC(=O)O)C[C@@H]21. The second-order valence-corrected chi connectivity index (χ2v) is 7.31. The third-order valence-electron chi connectivity index (χ3n) is 5.26. The summed E-state index contributed by atoms with van der Waals surface area (Å²) in [6.45, 7) is 2.14. The molecular formula is C20H32O5. The first-order valence-corrected chi connectivity index (χ1v) is 9.63. The van der Waals surface area contributed by atoms with Crippen molar-refractivity contribution in [3.05, 3.63) is 24.0 Å². The van der Waals surface area contributed by atoms with Crippen LogP contribution in [0.25, 0.3) is 0 Å². The van der Waals surface area contributed by atoms with Crippen molar-refractivity contribution in [2.75, 3.05) is 0 Å². The molecule has 25 heavy (non-hydrogen) atoms. The van der Waals surface area contributed by atoms with Crippen LogP contribution in [0.4, 0.5) is 0 Å². The van der Waals surface area contributed by atoms with Crippen LogP contribution in [0.3, 0.4) is 0 Å². The molecule has 0 bridgehead atoms. The molecule has 1 heterocycles. The van der Waals surface area contributed by atoms with Gasteiger partial charge in [-0.3, -0.25) is 4.79 Å². The summed E-state index contributed by atoms with van der Waals surface area (Å²) in [6.07, 6.45) is 12.0. The van der Waals surface area contributed by atoms with Gasteiger partial charge >= 0.3 is 5.97 Å². The fourth-order valence-electron chi connectivity index (χ4n) is 3.86. The van der Waals surface area contributed by atoms with Gasteiger partial charge in [-0.25, -0.2) is 0 Å². The van der Waals surface area contributed by atoms with Gasteiger partial charge in [0.2, 0.25) is 0 Å². The largest absolute Gasteiger partial charge is 0.495 e. The van der Waals surface area contributed by atoms with Crippen LogP contribution < -0.4 is 0 Å². The fraction of sp³-hybridized carbons (Fsp3) is 0.750. The Morgan fingerprint density at radius 3 is 2.88 bits per heavy atom. The molecule has 0 radical (unpaired) electrons. The minimum absolute atomic E-state index is 0.0238. The van der Waals surface area contributed by atoms with Crippen molar-refractivity contribution in [1.82, 2.24) is 0 Å². The van der Waals surface area contributed by atoms with E-state index in [-0.39, 0.29) is 24.4 Å². The van der Waals surface area contributed by atoms with Crippen LogP contribution in [0.1, 0.15) is 64.7 Å². The van der Waals surface area contributed by atoms with Crippen LogP contribution >= 0.6 is 0 Å². The van der Waals surface area contributed by atoms with E-state index in [4.69, 9.17) is 9.84 Å². The highest BCUT2D eigenvalue weighted by atomic mass is 16.5. The van der Waals surface area contributed by atoms with Crippen LogP contribution in [0, 0.1) is 11.8 Å². The number of aliphatic hydroxyl groups is 2. The summed E-state index contributed by atoms with van der Waals surface area (Å²) in [7, 11) is 0. The van der Waals surface area contributed by atoms with E-state index < -0.39 is 18.2 Å². The van der Waals surface area contributed by atoms with Gasteiger partial charge in [0.1, 0.15) is 6.10 Å². The number of hydrogen-bond acceptors (Lipinski definition) is 4. The van der Waals surface area contributed by atoms with Gasteiger partial charge in [0.15, 0.2) is 0 Å². The first-order valence-electron chi connectivity index (χ1n) is 9.63. The molecule has 5 atom stereocenters. The van der Waals surface area contributed by atoms with Crippen molar-refractivity contribution in [2.24, 2.45) is 11.8 Å². The van der Waals surface area contributed by atoms with Crippen molar-refractivity contribution in [3.8, 4) is 0 Å². The summed E-state index contributed by atoms with van der Waals surface area (Å²) in [5, 5.41) is 29.0. The van der Waals surface area contributed by atoms with Gasteiger partial charge in [-0.2, -0.15) is 0 Å². The van der Waals surface area contributed by atoms with Crippen molar-refractivity contribution >= 4 is 5.97 Å². The van der Waals surface area contributed by atoms with E-state index in [2.05, 4.69) is 6.92 Å². The maximum absolute atomic E-state index is 10.5. The van der Waals surface area contributed by atoms with Gasteiger partial charge in [-0.1, -0.05) is 38.3 Å². The molecule has 0 spiro atoms. The minimum atomic E-state index is -0.770. The third kappa shape index (κ3) is 6.15. The number of aliphatic hydroxyl groups excluding tert-OH is 2.